The highest BCUT2D eigenvalue weighted by Gasteiger charge is 2.12. The summed E-state index contributed by atoms with van der Waals surface area (Å²) < 4.78 is 1.74. The molecule has 0 aliphatic rings. The number of benzene rings is 2. The fraction of sp³-hybridized carbons (Fsp3) is 0.0625. The van der Waals surface area contributed by atoms with Crippen LogP contribution in [0.15, 0.2) is 48.5 Å². The van der Waals surface area contributed by atoms with Crippen LogP contribution in [0, 0.1) is 6.92 Å². The van der Waals surface area contributed by atoms with Crippen LogP contribution in [0.5, 0.6) is 0 Å². The van der Waals surface area contributed by atoms with Gasteiger partial charge in [0.05, 0.1) is 10.7 Å². The van der Waals surface area contributed by atoms with Crippen molar-refractivity contribution in [3.8, 4) is 0 Å². The number of hydrogen-bond acceptors (Lipinski definition) is 4. The smallest absolute Gasteiger partial charge is 0.185 e. The number of nitrogens with zero attached hydrogens (tertiary/aromatic N) is 4. The normalized spacial score (nSPS) is 11.2. The van der Waals surface area contributed by atoms with Gasteiger partial charge in [0, 0.05) is 10.8 Å². The maximum Gasteiger partial charge on any atom is 0.185 e. The molecule has 108 valence electrons. The van der Waals surface area contributed by atoms with Crippen molar-refractivity contribution in [2.45, 2.75) is 6.92 Å². The van der Waals surface area contributed by atoms with Gasteiger partial charge in [-0.3, -0.25) is 0 Å². The van der Waals surface area contributed by atoms with E-state index in [0.29, 0.717) is 5.02 Å². The number of fused-ring (bicyclic) bond motifs is 3. The third kappa shape index (κ3) is 1.98. The van der Waals surface area contributed by atoms with Gasteiger partial charge in [0.25, 0.3) is 0 Å². The van der Waals surface area contributed by atoms with E-state index in [1.54, 1.807) is 4.52 Å². The van der Waals surface area contributed by atoms with Crippen molar-refractivity contribution >= 4 is 39.5 Å². The van der Waals surface area contributed by atoms with Crippen LogP contribution in [0.1, 0.15) is 5.82 Å². The number of nitrogens with one attached hydrogen (secondary N) is 1. The summed E-state index contributed by atoms with van der Waals surface area (Å²) in [5, 5.41) is 18.9. The Bertz CT molecular complexity index is 992. The van der Waals surface area contributed by atoms with E-state index in [4.69, 9.17) is 11.6 Å². The quantitative estimate of drug-likeness (QED) is 0.608. The van der Waals surface area contributed by atoms with Crippen molar-refractivity contribution in [3.63, 3.8) is 0 Å². The van der Waals surface area contributed by atoms with Crippen molar-refractivity contribution in [2.24, 2.45) is 0 Å². The fourth-order valence-electron chi connectivity index (χ4n) is 2.47. The zero-order chi connectivity index (χ0) is 15.1. The fourth-order valence-corrected chi connectivity index (χ4v) is 2.65. The van der Waals surface area contributed by atoms with Gasteiger partial charge in [-0.25, -0.2) is 0 Å². The molecule has 0 saturated carbocycles. The Morgan fingerprint density at radius 2 is 1.68 bits per heavy atom. The maximum absolute atomic E-state index is 6.23. The molecule has 0 fully saturated rings. The van der Waals surface area contributed by atoms with Crippen LogP contribution in [0.25, 0.3) is 16.4 Å². The summed E-state index contributed by atoms with van der Waals surface area (Å²) in [5.74, 6) is 1.46. The van der Waals surface area contributed by atoms with E-state index in [0.717, 1.165) is 33.7 Å². The lowest BCUT2D eigenvalue weighted by molar-refractivity contribution is 0.886. The average Bonchev–Trinajstić information content (AvgIpc) is 2.91. The third-order valence-electron chi connectivity index (χ3n) is 3.55. The molecule has 4 aromatic rings. The van der Waals surface area contributed by atoms with Crippen LogP contribution in [0.4, 0.5) is 11.5 Å². The molecular formula is C16H12ClN5. The third-order valence-corrected chi connectivity index (χ3v) is 3.88. The predicted octanol–water partition coefficient (Wildman–Crippen LogP) is 3.98. The number of halogens is 1. The minimum Gasteiger partial charge on any atom is -0.337 e. The van der Waals surface area contributed by atoms with Crippen molar-refractivity contribution in [1.82, 2.24) is 19.8 Å². The molecule has 0 radical (unpaired) electrons. The Hall–Kier alpha value is -2.66. The van der Waals surface area contributed by atoms with Crippen LogP contribution >= 0.6 is 11.6 Å². The maximum atomic E-state index is 6.23. The molecule has 0 saturated heterocycles. The van der Waals surface area contributed by atoms with Gasteiger partial charge in [0.2, 0.25) is 0 Å². The molecule has 0 spiro atoms. The lowest BCUT2D eigenvalue weighted by Crippen LogP contribution is -2.02. The van der Waals surface area contributed by atoms with Gasteiger partial charge in [0.15, 0.2) is 17.3 Å². The minimum absolute atomic E-state index is 0.647. The lowest BCUT2D eigenvalue weighted by atomic mass is 10.2. The van der Waals surface area contributed by atoms with Crippen LogP contribution in [0.3, 0.4) is 0 Å². The molecule has 22 heavy (non-hydrogen) atoms. The minimum atomic E-state index is 0.647. The summed E-state index contributed by atoms with van der Waals surface area (Å²) >= 11 is 6.23. The molecule has 0 bridgehead atoms. The summed E-state index contributed by atoms with van der Waals surface area (Å²) in [6.07, 6.45) is 0. The molecule has 2 heterocycles. The Morgan fingerprint density at radius 3 is 2.50 bits per heavy atom. The summed E-state index contributed by atoms with van der Waals surface area (Å²) in [6, 6.07) is 15.6. The lowest BCUT2D eigenvalue weighted by Gasteiger charge is -2.11. The van der Waals surface area contributed by atoms with E-state index in [1.165, 1.54) is 0 Å². The van der Waals surface area contributed by atoms with Crippen LogP contribution < -0.4 is 5.32 Å². The molecule has 4 rings (SSSR count). The monoisotopic (exact) mass is 309 g/mol. The van der Waals surface area contributed by atoms with Gasteiger partial charge < -0.3 is 5.32 Å². The number of para-hydroxylation sites is 1. The summed E-state index contributed by atoms with van der Waals surface area (Å²) in [5.41, 5.74) is 1.56. The Labute approximate surface area is 131 Å². The summed E-state index contributed by atoms with van der Waals surface area (Å²) in [4.78, 5) is 0. The molecule has 2 aromatic heterocycles. The molecule has 5 nitrogen and oxygen atoms in total. The van der Waals surface area contributed by atoms with Crippen molar-refractivity contribution < 1.29 is 0 Å². The Balaban J connectivity index is 1.99. The number of rotatable bonds is 2. The first-order valence-electron chi connectivity index (χ1n) is 6.86. The molecule has 0 atom stereocenters. The number of anilines is 2. The van der Waals surface area contributed by atoms with Crippen molar-refractivity contribution in [2.75, 3.05) is 5.32 Å². The predicted molar refractivity (Wildman–Crippen MR) is 87.8 cm³/mol. The molecule has 6 heteroatoms. The van der Waals surface area contributed by atoms with Gasteiger partial charge in [-0.05, 0) is 19.1 Å². The molecular weight excluding hydrogens is 298 g/mol. The molecule has 1 N–H and O–H groups in total. The van der Waals surface area contributed by atoms with E-state index < -0.39 is 0 Å². The van der Waals surface area contributed by atoms with Crippen LogP contribution in [0.2, 0.25) is 5.02 Å². The van der Waals surface area contributed by atoms with E-state index in [-0.39, 0.29) is 0 Å². The van der Waals surface area contributed by atoms with E-state index in [2.05, 4.69) is 20.6 Å². The van der Waals surface area contributed by atoms with E-state index in [9.17, 15) is 0 Å². The first-order chi connectivity index (χ1) is 10.7. The molecule has 0 aliphatic carbocycles. The van der Waals surface area contributed by atoms with Gasteiger partial charge in [-0.15, -0.1) is 15.3 Å². The highest BCUT2D eigenvalue weighted by Crippen LogP contribution is 2.29. The van der Waals surface area contributed by atoms with Gasteiger partial charge in [-0.1, -0.05) is 48.0 Å². The van der Waals surface area contributed by atoms with Gasteiger partial charge >= 0.3 is 0 Å². The standard InChI is InChI=1S/C16H12ClN5/c1-10-19-20-16-12-7-3-2-6-11(12)15(21-22(10)16)18-14-9-5-4-8-13(14)17/h2-9H,1H3,(H,18,21). The van der Waals surface area contributed by atoms with Crippen LogP contribution in [-0.4, -0.2) is 19.8 Å². The summed E-state index contributed by atoms with van der Waals surface area (Å²) in [6.45, 7) is 1.88. The molecule has 0 aliphatic heterocycles. The SMILES string of the molecule is Cc1nnc2c3ccccc3c(Nc3ccccc3Cl)nn12. The molecule has 2 aromatic carbocycles. The second-order valence-electron chi connectivity index (χ2n) is 4.98. The molecule has 0 amide bonds. The average molecular weight is 310 g/mol. The highest BCUT2D eigenvalue weighted by atomic mass is 35.5. The number of aryl methyl sites for hydroxylation is 1. The Kier molecular flexibility index (Phi) is 2.94. The van der Waals surface area contributed by atoms with Gasteiger partial charge in [-0.2, -0.15) is 4.52 Å². The second kappa shape index (κ2) is 4.96. The van der Waals surface area contributed by atoms with Gasteiger partial charge in [0.1, 0.15) is 0 Å². The largest absolute Gasteiger partial charge is 0.337 e. The Morgan fingerprint density at radius 1 is 0.955 bits per heavy atom. The van der Waals surface area contributed by atoms with Crippen molar-refractivity contribution in [1.29, 1.82) is 0 Å². The van der Waals surface area contributed by atoms with E-state index >= 15 is 0 Å². The number of aromatic nitrogens is 4. The topological polar surface area (TPSA) is 55.1 Å². The number of hydrogen-bond donors (Lipinski definition) is 1. The first kappa shape index (κ1) is 13.0. The molecule has 0 unspecified atom stereocenters. The highest BCUT2D eigenvalue weighted by molar-refractivity contribution is 6.33. The second-order valence-corrected chi connectivity index (χ2v) is 5.39. The van der Waals surface area contributed by atoms with E-state index in [1.807, 2.05) is 55.5 Å². The zero-order valence-electron chi connectivity index (χ0n) is 11.8. The first-order valence-corrected chi connectivity index (χ1v) is 7.24. The van der Waals surface area contributed by atoms with Crippen molar-refractivity contribution in [3.05, 3.63) is 59.4 Å². The summed E-state index contributed by atoms with van der Waals surface area (Å²) in [7, 11) is 0. The van der Waals surface area contributed by atoms with Crippen LogP contribution in [-0.2, 0) is 0 Å². The zero-order valence-corrected chi connectivity index (χ0v) is 12.5.